The lowest BCUT2D eigenvalue weighted by Gasteiger charge is -2.02. The lowest BCUT2D eigenvalue weighted by molar-refractivity contribution is -0.137. The molecule has 6 nitrogen and oxygen atoms in total. The zero-order chi connectivity index (χ0) is 13.0. The number of aromatic nitrogens is 3. The van der Waals surface area contributed by atoms with Crippen LogP contribution in [-0.2, 0) is 9.53 Å². The third-order valence-electron chi connectivity index (χ3n) is 2.24. The topological polar surface area (TPSA) is 74.1 Å². The molecule has 18 heavy (non-hydrogen) atoms. The minimum atomic E-state index is -0.845. The SMILES string of the molecule is CCOC(=O)C(=O)c1ccc(-n2nccn2)cc1. The van der Waals surface area contributed by atoms with E-state index in [1.54, 1.807) is 31.5 Å². The third-order valence-corrected chi connectivity index (χ3v) is 2.24. The predicted octanol–water partition coefficient (Wildman–Crippen LogP) is 1.01. The first-order valence-electron chi connectivity index (χ1n) is 5.40. The van der Waals surface area contributed by atoms with E-state index >= 15 is 0 Å². The Morgan fingerprint density at radius 2 is 1.78 bits per heavy atom. The highest BCUT2D eigenvalue weighted by atomic mass is 16.5. The van der Waals surface area contributed by atoms with Crippen LogP contribution in [0, 0.1) is 0 Å². The first kappa shape index (κ1) is 12.0. The smallest absolute Gasteiger partial charge is 0.379 e. The van der Waals surface area contributed by atoms with Crippen LogP contribution in [-0.4, -0.2) is 33.4 Å². The highest BCUT2D eigenvalue weighted by molar-refractivity contribution is 6.40. The van der Waals surface area contributed by atoms with E-state index in [1.807, 2.05) is 0 Å². The number of nitrogens with zero attached hydrogens (tertiary/aromatic N) is 3. The van der Waals surface area contributed by atoms with Crippen molar-refractivity contribution in [3.8, 4) is 5.69 Å². The zero-order valence-corrected chi connectivity index (χ0v) is 9.74. The number of hydrogen-bond acceptors (Lipinski definition) is 5. The summed E-state index contributed by atoms with van der Waals surface area (Å²) in [6, 6.07) is 6.40. The molecule has 92 valence electrons. The van der Waals surface area contributed by atoms with Crippen LogP contribution in [0.25, 0.3) is 5.69 Å². The average molecular weight is 245 g/mol. The first-order valence-corrected chi connectivity index (χ1v) is 5.40. The molecule has 0 aliphatic heterocycles. The number of hydrogen-bond donors (Lipinski definition) is 0. The Hall–Kier alpha value is -2.50. The van der Waals surface area contributed by atoms with Crippen LogP contribution in [0.1, 0.15) is 17.3 Å². The Kier molecular flexibility index (Phi) is 3.47. The summed E-state index contributed by atoms with van der Waals surface area (Å²) < 4.78 is 4.64. The Morgan fingerprint density at radius 3 is 2.33 bits per heavy atom. The summed E-state index contributed by atoms with van der Waals surface area (Å²) in [5.41, 5.74) is 0.991. The van der Waals surface area contributed by atoms with Gasteiger partial charge in [-0.15, -0.1) is 0 Å². The molecule has 0 amide bonds. The van der Waals surface area contributed by atoms with Crippen LogP contribution in [0.2, 0.25) is 0 Å². The second-order valence-corrected chi connectivity index (χ2v) is 3.41. The number of rotatable bonds is 4. The highest BCUT2D eigenvalue weighted by Crippen LogP contribution is 2.08. The molecule has 1 aromatic carbocycles. The molecular formula is C12H11N3O3. The number of ketones is 1. The number of esters is 1. The van der Waals surface area contributed by atoms with Crippen LogP contribution in [0.3, 0.4) is 0 Å². The van der Waals surface area contributed by atoms with Crippen molar-refractivity contribution in [3.05, 3.63) is 42.2 Å². The van der Waals surface area contributed by atoms with Gasteiger partial charge in [0, 0.05) is 5.56 Å². The van der Waals surface area contributed by atoms with E-state index in [1.165, 1.54) is 16.9 Å². The molecule has 0 aliphatic rings. The van der Waals surface area contributed by atoms with Crippen LogP contribution in [0.5, 0.6) is 0 Å². The van der Waals surface area contributed by atoms with Gasteiger partial charge < -0.3 is 4.74 Å². The Bertz CT molecular complexity index is 546. The summed E-state index contributed by atoms with van der Waals surface area (Å²) in [6.07, 6.45) is 3.11. The molecule has 0 saturated carbocycles. The second-order valence-electron chi connectivity index (χ2n) is 3.41. The Labute approximate surface area is 103 Å². The number of carbonyl (C=O) groups is 2. The van der Waals surface area contributed by atoms with E-state index in [9.17, 15) is 9.59 Å². The molecule has 0 bridgehead atoms. The van der Waals surface area contributed by atoms with E-state index < -0.39 is 11.8 Å². The van der Waals surface area contributed by atoms with Crippen molar-refractivity contribution in [2.75, 3.05) is 6.61 Å². The third kappa shape index (κ3) is 2.42. The summed E-state index contributed by atoms with van der Waals surface area (Å²) in [5.74, 6) is -1.50. The molecule has 6 heteroatoms. The van der Waals surface area contributed by atoms with Crippen molar-refractivity contribution >= 4 is 11.8 Å². The molecule has 1 aromatic heterocycles. The van der Waals surface area contributed by atoms with Crippen molar-refractivity contribution in [1.29, 1.82) is 0 Å². The van der Waals surface area contributed by atoms with Gasteiger partial charge in [0.15, 0.2) is 0 Å². The highest BCUT2D eigenvalue weighted by Gasteiger charge is 2.17. The van der Waals surface area contributed by atoms with E-state index in [2.05, 4.69) is 14.9 Å². The van der Waals surface area contributed by atoms with Gasteiger partial charge in [-0.1, -0.05) is 0 Å². The van der Waals surface area contributed by atoms with E-state index in [-0.39, 0.29) is 12.2 Å². The molecule has 0 aliphatic carbocycles. The number of Topliss-reactive ketones (excluding diaryl/α,β-unsaturated/α-hetero) is 1. The normalized spacial score (nSPS) is 10.1. The fraction of sp³-hybridized carbons (Fsp3) is 0.167. The van der Waals surface area contributed by atoms with Gasteiger partial charge in [0.2, 0.25) is 0 Å². The fourth-order valence-corrected chi connectivity index (χ4v) is 1.41. The van der Waals surface area contributed by atoms with Crippen molar-refractivity contribution in [2.24, 2.45) is 0 Å². The Balaban J connectivity index is 2.18. The molecule has 1 heterocycles. The molecule has 0 atom stereocenters. The van der Waals surface area contributed by atoms with Crippen LogP contribution < -0.4 is 0 Å². The quantitative estimate of drug-likeness (QED) is 0.456. The predicted molar refractivity (Wildman–Crippen MR) is 62.3 cm³/mol. The molecular weight excluding hydrogens is 234 g/mol. The van der Waals surface area contributed by atoms with Crippen molar-refractivity contribution in [3.63, 3.8) is 0 Å². The lowest BCUT2D eigenvalue weighted by Crippen LogP contribution is -2.17. The van der Waals surface area contributed by atoms with Crippen molar-refractivity contribution < 1.29 is 14.3 Å². The molecule has 0 radical (unpaired) electrons. The van der Waals surface area contributed by atoms with E-state index in [0.717, 1.165) is 0 Å². The molecule has 0 N–H and O–H groups in total. The monoisotopic (exact) mass is 245 g/mol. The summed E-state index contributed by atoms with van der Waals surface area (Å²) in [6.45, 7) is 1.83. The van der Waals surface area contributed by atoms with Crippen molar-refractivity contribution in [2.45, 2.75) is 6.92 Å². The van der Waals surface area contributed by atoms with Crippen LogP contribution in [0.15, 0.2) is 36.7 Å². The molecule has 0 fully saturated rings. The van der Waals surface area contributed by atoms with Crippen LogP contribution >= 0.6 is 0 Å². The minimum Gasteiger partial charge on any atom is -0.460 e. The fourth-order valence-electron chi connectivity index (χ4n) is 1.41. The largest absolute Gasteiger partial charge is 0.460 e. The van der Waals surface area contributed by atoms with E-state index in [4.69, 9.17) is 0 Å². The summed E-state index contributed by atoms with van der Waals surface area (Å²) in [7, 11) is 0. The maximum Gasteiger partial charge on any atom is 0.379 e. The standard InChI is InChI=1S/C12H11N3O3/c1-2-18-12(17)11(16)9-3-5-10(6-4-9)15-13-7-8-14-15/h3-8H,2H2,1H3. The zero-order valence-electron chi connectivity index (χ0n) is 9.74. The van der Waals surface area contributed by atoms with E-state index in [0.29, 0.717) is 5.69 Å². The van der Waals surface area contributed by atoms with Gasteiger partial charge in [0.1, 0.15) is 0 Å². The van der Waals surface area contributed by atoms with Gasteiger partial charge in [0.05, 0.1) is 24.7 Å². The second kappa shape index (κ2) is 5.22. The van der Waals surface area contributed by atoms with Crippen molar-refractivity contribution in [1.82, 2.24) is 15.0 Å². The van der Waals surface area contributed by atoms with Gasteiger partial charge in [-0.2, -0.15) is 15.0 Å². The summed E-state index contributed by atoms with van der Waals surface area (Å²) in [4.78, 5) is 24.3. The number of ether oxygens (including phenoxy) is 1. The molecule has 2 rings (SSSR count). The number of carbonyl (C=O) groups excluding carboxylic acids is 2. The van der Waals surface area contributed by atoms with Gasteiger partial charge >= 0.3 is 5.97 Å². The van der Waals surface area contributed by atoms with Gasteiger partial charge in [-0.3, -0.25) is 4.79 Å². The molecule has 0 spiro atoms. The first-order chi connectivity index (χ1) is 8.72. The minimum absolute atomic E-state index is 0.180. The summed E-state index contributed by atoms with van der Waals surface area (Å²) >= 11 is 0. The maximum absolute atomic E-state index is 11.6. The van der Waals surface area contributed by atoms with Crippen LogP contribution in [0.4, 0.5) is 0 Å². The molecule has 2 aromatic rings. The number of benzene rings is 1. The van der Waals surface area contributed by atoms with Gasteiger partial charge in [-0.25, -0.2) is 4.79 Å². The molecule has 0 unspecified atom stereocenters. The summed E-state index contributed by atoms with van der Waals surface area (Å²) in [5, 5.41) is 7.91. The van der Waals surface area contributed by atoms with Gasteiger partial charge in [-0.05, 0) is 31.2 Å². The van der Waals surface area contributed by atoms with Gasteiger partial charge in [0.25, 0.3) is 5.78 Å². The maximum atomic E-state index is 11.6. The molecule has 0 saturated heterocycles. The lowest BCUT2D eigenvalue weighted by atomic mass is 10.1. The Morgan fingerprint density at radius 1 is 1.17 bits per heavy atom. The average Bonchev–Trinajstić information content (AvgIpc) is 2.92.